The Morgan fingerprint density at radius 3 is 1.13 bits per heavy atom. The van der Waals surface area contributed by atoms with E-state index in [1.54, 1.807) is 0 Å². The summed E-state index contributed by atoms with van der Waals surface area (Å²) in [6, 6.07) is 38.0. The number of hydrogen-bond acceptors (Lipinski definition) is 5. The maximum atomic E-state index is 14.4. The van der Waals surface area contributed by atoms with E-state index in [0.717, 1.165) is 20.9 Å². The lowest BCUT2D eigenvalue weighted by Gasteiger charge is -2.29. The van der Waals surface area contributed by atoms with Crippen LogP contribution in [0, 0.1) is 0 Å². The molecule has 1 aliphatic heterocycles. The van der Waals surface area contributed by atoms with E-state index in [4.69, 9.17) is 0 Å². The predicted molar refractivity (Wildman–Crippen MR) is 151 cm³/mol. The van der Waals surface area contributed by atoms with E-state index < -0.39 is 22.6 Å². The van der Waals surface area contributed by atoms with Gasteiger partial charge in [0.25, 0.3) is 0 Å². The topological polar surface area (TPSA) is 57.7 Å². The zero-order chi connectivity index (χ0) is 26.3. The molecule has 1 aliphatic rings. The number of carbonyl (C=O) groups excluding carboxylic acids is 3. The minimum absolute atomic E-state index is 0.156. The lowest BCUT2D eigenvalue weighted by atomic mass is 10.2. The first kappa shape index (κ1) is 25.8. The highest BCUT2D eigenvalue weighted by Gasteiger charge is 2.47. The Kier molecular flexibility index (Phi) is 8.26. The molecule has 5 nitrogen and oxygen atoms in total. The van der Waals surface area contributed by atoms with E-state index in [1.165, 1.54) is 33.3 Å². The fourth-order valence-electron chi connectivity index (χ4n) is 4.26. The molecule has 38 heavy (non-hydrogen) atoms. The van der Waals surface area contributed by atoms with Gasteiger partial charge >= 0.3 is 11.8 Å². The zero-order valence-electron chi connectivity index (χ0n) is 20.6. The van der Waals surface area contributed by atoms with Gasteiger partial charge in [-0.25, -0.2) is 0 Å². The largest absolute Gasteiger partial charge is 0.313 e. The molecule has 2 atom stereocenters. The minimum Gasteiger partial charge on any atom is -0.311 e. The van der Waals surface area contributed by atoms with Gasteiger partial charge in [-0.05, 0) is 35.4 Å². The fraction of sp³-hybridized carbons (Fsp3) is 0.129. The van der Waals surface area contributed by atoms with Gasteiger partial charge in [-0.2, -0.15) is 0 Å². The van der Waals surface area contributed by atoms with Crippen LogP contribution in [0.1, 0.15) is 11.1 Å². The van der Waals surface area contributed by atoms with E-state index in [1.807, 2.05) is 121 Å². The third-order valence-corrected chi connectivity index (χ3v) is 8.64. The Morgan fingerprint density at radius 2 is 0.789 bits per heavy atom. The summed E-state index contributed by atoms with van der Waals surface area (Å²) in [6.07, 6.45) is 0. The fourth-order valence-corrected chi connectivity index (χ4v) is 6.57. The predicted octanol–water partition coefficient (Wildman–Crippen LogP) is 5.86. The second-order valence-electron chi connectivity index (χ2n) is 8.81. The summed E-state index contributed by atoms with van der Waals surface area (Å²) in [5.74, 6) is -1.55. The van der Waals surface area contributed by atoms with E-state index >= 15 is 0 Å². The number of rotatable bonds is 8. The normalized spacial score (nSPS) is 17.9. The highest BCUT2D eigenvalue weighted by Crippen LogP contribution is 2.37. The van der Waals surface area contributed by atoms with E-state index in [9.17, 15) is 14.4 Å². The van der Waals surface area contributed by atoms with Crippen molar-refractivity contribution in [2.75, 3.05) is 0 Å². The number of ketones is 1. The third-order valence-electron chi connectivity index (χ3n) is 6.13. The van der Waals surface area contributed by atoms with Crippen LogP contribution in [0.4, 0.5) is 0 Å². The number of Topliss-reactive ketones (excluding diaryl/α,β-unsaturated/α-hetero) is 1. The van der Waals surface area contributed by atoms with Crippen molar-refractivity contribution < 1.29 is 14.4 Å². The molecular weight excluding hydrogens is 512 g/mol. The average molecular weight is 539 g/mol. The molecule has 0 spiro atoms. The molecule has 4 aromatic carbocycles. The first-order valence-corrected chi connectivity index (χ1v) is 14.0. The molecule has 4 aromatic rings. The summed E-state index contributed by atoms with van der Waals surface area (Å²) in [5.41, 5.74) is 1.70. The number of amides is 2. The van der Waals surface area contributed by atoms with Gasteiger partial charge in [0.1, 0.15) is 10.7 Å². The second kappa shape index (κ2) is 12.2. The standard InChI is InChI=1S/C31H26N2O3S2/c34-27-30(37-25-17-9-3-10-18-25)32(21-23-13-5-1-6-14-23)28(35)29(36)33(22-24-15-7-2-8-16-24)31(27)38-26-19-11-4-12-20-26/h1-20,30-31H,21-22H2. The van der Waals surface area contributed by atoms with Gasteiger partial charge in [-0.15, -0.1) is 0 Å². The summed E-state index contributed by atoms with van der Waals surface area (Å²) in [5, 5.41) is -1.76. The summed E-state index contributed by atoms with van der Waals surface area (Å²) in [7, 11) is 0. The number of benzene rings is 4. The number of hydrogen-bond donors (Lipinski definition) is 0. The lowest BCUT2D eigenvalue weighted by molar-refractivity contribution is -0.151. The van der Waals surface area contributed by atoms with Gasteiger partial charge in [0.15, 0.2) is 5.78 Å². The van der Waals surface area contributed by atoms with Gasteiger partial charge in [-0.1, -0.05) is 121 Å². The van der Waals surface area contributed by atoms with Crippen molar-refractivity contribution >= 4 is 41.1 Å². The molecule has 1 saturated heterocycles. The van der Waals surface area contributed by atoms with Crippen LogP contribution >= 0.6 is 23.5 Å². The number of nitrogens with zero attached hydrogens (tertiary/aromatic N) is 2. The Morgan fingerprint density at radius 1 is 0.474 bits per heavy atom. The van der Waals surface area contributed by atoms with Crippen molar-refractivity contribution in [3.8, 4) is 0 Å². The molecule has 2 unspecified atom stereocenters. The SMILES string of the molecule is O=C1C(Sc2ccccc2)N(Cc2ccccc2)C(=O)C(=O)N(Cc2ccccc2)C1Sc1ccccc1. The smallest absolute Gasteiger partial charge is 0.311 e. The van der Waals surface area contributed by atoms with Crippen molar-refractivity contribution in [2.24, 2.45) is 0 Å². The molecule has 1 heterocycles. The highest BCUT2D eigenvalue weighted by molar-refractivity contribution is 8.02. The molecule has 0 aliphatic carbocycles. The van der Waals surface area contributed by atoms with Gasteiger partial charge in [0.2, 0.25) is 0 Å². The Bertz CT molecular complexity index is 1280. The van der Waals surface area contributed by atoms with Crippen LogP contribution in [0.2, 0.25) is 0 Å². The molecular formula is C31H26N2O3S2. The van der Waals surface area contributed by atoms with Crippen LogP contribution in [0.3, 0.4) is 0 Å². The van der Waals surface area contributed by atoms with Gasteiger partial charge in [0.05, 0.1) is 0 Å². The molecule has 1 fully saturated rings. The second-order valence-corrected chi connectivity index (χ2v) is 11.1. The third kappa shape index (κ3) is 6.01. The van der Waals surface area contributed by atoms with Crippen molar-refractivity contribution in [3.05, 3.63) is 132 Å². The average Bonchev–Trinajstić information content (AvgIpc) is 3.03. The summed E-state index contributed by atoms with van der Waals surface area (Å²) >= 11 is 2.61. The van der Waals surface area contributed by atoms with Crippen LogP contribution in [0.5, 0.6) is 0 Å². The Labute approximate surface area is 230 Å². The molecule has 0 N–H and O–H groups in total. The number of carbonyl (C=O) groups is 3. The van der Waals surface area contributed by atoms with Crippen LogP contribution < -0.4 is 0 Å². The summed E-state index contributed by atoms with van der Waals surface area (Å²) < 4.78 is 0. The van der Waals surface area contributed by atoms with Crippen LogP contribution in [-0.2, 0) is 27.5 Å². The molecule has 0 radical (unpaired) electrons. The van der Waals surface area contributed by atoms with Crippen LogP contribution in [-0.4, -0.2) is 38.1 Å². The summed E-state index contributed by atoms with van der Waals surface area (Å²) in [4.78, 5) is 46.7. The lowest BCUT2D eigenvalue weighted by Crippen LogP contribution is -2.44. The zero-order valence-corrected chi connectivity index (χ0v) is 22.2. The van der Waals surface area contributed by atoms with E-state index in [2.05, 4.69) is 0 Å². The first-order chi connectivity index (χ1) is 18.6. The molecule has 0 aromatic heterocycles. The van der Waals surface area contributed by atoms with Crippen LogP contribution in [0.25, 0.3) is 0 Å². The maximum Gasteiger partial charge on any atom is 0.313 e. The van der Waals surface area contributed by atoms with Crippen molar-refractivity contribution in [1.29, 1.82) is 0 Å². The molecule has 7 heteroatoms. The highest BCUT2D eigenvalue weighted by atomic mass is 32.2. The Hall–Kier alpha value is -3.81. The molecule has 0 bridgehead atoms. The van der Waals surface area contributed by atoms with E-state index in [0.29, 0.717) is 0 Å². The van der Waals surface area contributed by atoms with Gasteiger partial charge in [0, 0.05) is 22.9 Å². The quantitative estimate of drug-likeness (QED) is 0.263. The van der Waals surface area contributed by atoms with E-state index in [-0.39, 0.29) is 18.9 Å². The van der Waals surface area contributed by atoms with Crippen molar-refractivity contribution in [1.82, 2.24) is 9.80 Å². The number of thioether (sulfide) groups is 2. The molecule has 2 amide bonds. The van der Waals surface area contributed by atoms with Gasteiger partial charge < -0.3 is 9.80 Å². The van der Waals surface area contributed by atoms with Gasteiger partial charge in [-0.3, -0.25) is 14.4 Å². The Balaban J connectivity index is 1.58. The van der Waals surface area contributed by atoms with Crippen LogP contribution in [0.15, 0.2) is 131 Å². The molecule has 0 saturated carbocycles. The molecule has 190 valence electrons. The monoisotopic (exact) mass is 538 g/mol. The minimum atomic E-state index is -0.879. The maximum absolute atomic E-state index is 14.4. The van der Waals surface area contributed by atoms with Crippen molar-refractivity contribution in [2.45, 2.75) is 33.6 Å². The van der Waals surface area contributed by atoms with Crippen molar-refractivity contribution in [3.63, 3.8) is 0 Å². The summed E-state index contributed by atoms with van der Waals surface area (Å²) in [6.45, 7) is 0.313. The molecule has 5 rings (SSSR count). The first-order valence-electron chi connectivity index (χ1n) is 12.3.